The van der Waals surface area contributed by atoms with E-state index in [0.717, 1.165) is 11.4 Å². The van der Waals surface area contributed by atoms with Crippen LogP contribution in [0.25, 0.3) is 0 Å². The molecule has 1 aliphatic heterocycles. The van der Waals surface area contributed by atoms with Crippen LogP contribution in [0.3, 0.4) is 0 Å². The zero-order valence-corrected chi connectivity index (χ0v) is 11.2. The van der Waals surface area contributed by atoms with Crippen molar-refractivity contribution in [2.24, 2.45) is 4.99 Å². The van der Waals surface area contributed by atoms with Crippen molar-refractivity contribution in [2.45, 2.75) is 26.2 Å². The van der Waals surface area contributed by atoms with Crippen LogP contribution in [-0.2, 0) is 5.41 Å². The molecule has 0 aromatic heterocycles. The average molecular weight is 270 g/mol. The van der Waals surface area contributed by atoms with E-state index in [2.05, 4.69) is 31.8 Å². The largest absolute Gasteiger partial charge is 0.497 e. The van der Waals surface area contributed by atoms with Crippen molar-refractivity contribution in [1.82, 2.24) is 0 Å². The molecule has 0 aliphatic carbocycles. The lowest BCUT2D eigenvalue weighted by Gasteiger charge is -2.20. The highest BCUT2D eigenvalue weighted by molar-refractivity contribution is 8.93. The zero-order chi connectivity index (χ0) is 10.3. The fourth-order valence-corrected chi connectivity index (χ4v) is 1.76. The topological polar surface area (TPSA) is 21.6 Å². The minimum Gasteiger partial charge on any atom is -0.497 e. The first-order valence-corrected chi connectivity index (χ1v) is 4.80. The van der Waals surface area contributed by atoms with Crippen LogP contribution in [0.5, 0.6) is 5.75 Å². The lowest BCUT2D eigenvalue weighted by atomic mass is 9.82. The van der Waals surface area contributed by atoms with Crippen molar-refractivity contribution in [3.8, 4) is 5.75 Å². The summed E-state index contributed by atoms with van der Waals surface area (Å²) in [5.41, 5.74) is 3.55. The molecule has 0 spiro atoms. The Morgan fingerprint density at radius 3 is 2.53 bits per heavy atom. The summed E-state index contributed by atoms with van der Waals surface area (Å²) in [5, 5.41) is 0. The van der Waals surface area contributed by atoms with Crippen molar-refractivity contribution in [1.29, 1.82) is 0 Å². The average Bonchev–Trinajstić information content (AvgIpc) is 2.38. The molecule has 0 unspecified atom stereocenters. The molecule has 0 saturated heterocycles. The van der Waals surface area contributed by atoms with Crippen molar-refractivity contribution < 1.29 is 4.74 Å². The van der Waals surface area contributed by atoms with E-state index in [-0.39, 0.29) is 22.4 Å². The summed E-state index contributed by atoms with van der Waals surface area (Å²) in [6.45, 7) is 6.46. The molecule has 0 fully saturated rings. The maximum atomic E-state index is 5.22. The van der Waals surface area contributed by atoms with E-state index < -0.39 is 0 Å². The van der Waals surface area contributed by atoms with E-state index >= 15 is 0 Å². The lowest BCUT2D eigenvalue weighted by molar-refractivity contribution is 0.414. The van der Waals surface area contributed by atoms with Crippen LogP contribution < -0.4 is 4.74 Å². The molecule has 1 heterocycles. The molecule has 1 aromatic rings. The van der Waals surface area contributed by atoms with Gasteiger partial charge in [0.05, 0.1) is 12.8 Å². The molecule has 0 saturated carbocycles. The van der Waals surface area contributed by atoms with Gasteiger partial charge in [0.1, 0.15) is 5.75 Å². The van der Waals surface area contributed by atoms with Crippen LogP contribution in [-0.4, -0.2) is 12.8 Å². The Morgan fingerprint density at radius 2 is 1.93 bits per heavy atom. The number of aliphatic imine (C=N–C) groups is 1. The third-order valence-corrected chi connectivity index (χ3v) is 3.07. The van der Waals surface area contributed by atoms with E-state index in [1.54, 1.807) is 7.11 Å². The number of hydrogen-bond donors (Lipinski definition) is 0. The molecule has 0 radical (unpaired) electrons. The minimum absolute atomic E-state index is 0. The predicted molar refractivity (Wildman–Crippen MR) is 69.1 cm³/mol. The van der Waals surface area contributed by atoms with Crippen LogP contribution in [0.2, 0.25) is 0 Å². The molecular formula is C12H16BrNO. The summed E-state index contributed by atoms with van der Waals surface area (Å²) < 4.78 is 5.22. The van der Waals surface area contributed by atoms with Crippen LogP contribution in [0.4, 0.5) is 5.69 Å². The lowest BCUT2D eigenvalue weighted by Crippen LogP contribution is -2.22. The molecule has 0 N–H and O–H groups in total. The fourth-order valence-electron chi connectivity index (χ4n) is 1.76. The van der Waals surface area contributed by atoms with E-state index in [0.29, 0.717) is 0 Å². The molecule has 1 aliphatic rings. The maximum absolute atomic E-state index is 5.22. The zero-order valence-electron chi connectivity index (χ0n) is 9.50. The monoisotopic (exact) mass is 269 g/mol. The summed E-state index contributed by atoms with van der Waals surface area (Å²) >= 11 is 0. The number of methoxy groups -OCH3 is 1. The van der Waals surface area contributed by atoms with Gasteiger partial charge in [0.25, 0.3) is 0 Å². The first-order chi connectivity index (χ1) is 6.55. The van der Waals surface area contributed by atoms with Crippen LogP contribution in [0, 0.1) is 0 Å². The number of rotatable bonds is 1. The molecule has 0 atom stereocenters. The van der Waals surface area contributed by atoms with Gasteiger partial charge in [0.2, 0.25) is 0 Å². The van der Waals surface area contributed by atoms with Gasteiger partial charge in [0, 0.05) is 11.1 Å². The van der Waals surface area contributed by atoms with Crippen LogP contribution in [0.1, 0.15) is 26.3 Å². The van der Waals surface area contributed by atoms with Crippen molar-refractivity contribution in [3.05, 3.63) is 23.8 Å². The van der Waals surface area contributed by atoms with Crippen molar-refractivity contribution in [3.63, 3.8) is 0 Å². The Morgan fingerprint density at radius 1 is 1.27 bits per heavy atom. The normalized spacial score (nSPS) is 16.4. The predicted octanol–water partition coefficient (Wildman–Crippen LogP) is 3.66. The number of ether oxygens (including phenoxy) is 1. The fraction of sp³-hybridized carbons (Fsp3) is 0.417. The molecular weight excluding hydrogens is 254 g/mol. The van der Waals surface area contributed by atoms with Crippen LogP contribution >= 0.6 is 17.0 Å². The molecule has 0 amide bonds. The Hall–Kier alpha value is -0.830. The van der Waals surface area contributed by atoms with Gasteiger partial charge in [0.15, 0.2) is 0 Å². The van der Waals surface area contributed by atoms with Gasteiger partial charge >= 0.3 is 0 Å². The molecule has 2 rings (SSSR count). The van der Waals surface area contributed by atoms with Gasteiger partial charge in [-0.15, -0.1) is 17.0 Å². The highest BCUT2D eigenvalue weighted by Crippen LogP contribution is 2.41. The quantitative estimate of drug-likeness (QED) is 0.763. The minimum atomic E-state index is 0. The highest BCUT2D eigenvalue weighted by atomic mass is 79.9. The van der Waals surface area contributed by atoms with Crippen molar-refractivity contribution in [2.75, 3.05) is 7.11 Å². The summed E-state index contributed by atoms with van der Waals surface area (Å²) in [4.78, 5) is 4.54. The van der Waals surface area contributed by atoms with Crippen LogP contribution in [0.15, 0.2) is 23.2 Å². The van der Waals surface area contributed by atoms with Gasteiger partial charge in [-0.3, -0.25) is 4.99 Å². The summed E-state index contributed by atoms with van der Waals surface area (Å²) in [6, 6.07) is 6.05. The first kappa shape index (κ1) is 12.2. The van der Waals surface area contributed by atoms with Gasteiger partial charge in [-0.25, -0.2) is 0 Å². The van der Waals surface area contributed by atoms with E-state index in [9.17, 15) is 0 Å². The van der Waals surface area contributed by atoms with Gasteiger partial charge < -0.3 is 4.74 Å². The van der Waals surface area contributed by atoms with Gasteiger partial charge in [-0.05, 0) is 30.7 Å². The summed E-state index contributed by atoms with van der Waals surface area (Å²) in [6.07, 6.45) is 0. The highest BCUT2D eigenvalue weighted by Gasteiger charge is 2.32. The number of hydrogen-bond acceptors (Lipinski definition) is 2. The molecule has 82 valence electrons. The first-order valence-electron chi connectivity index (χ1n) is 4.80. The standard InChI is InChI=1S/C12H15NO.BrH/c1-8-12(2,3)10-7-9(14-4)5-6-11(10)13-8;/h5-7H,1-4H3;1H. The third-order valence-electron chi connectivity index (χ3n) is 3.07. The Kier molecular flexibility index (Phi) is 3.24. The number of benzene rings is 1. The summed E-state index contributed by atoms with van der Waals surface area (Å²) in [7, 11) is 1.69. The number of nitrogens with zero attached hydrogens (tertiary/aromatic N) is 1. The Bertz CT molecular complexity index is 410. The second-order valence-corrected chi connectivity index (χ2v) is 4.21. The smallest absolute Gasteiger partial charge is 0.119 e. The van der Waals surface area contributed by atoms with E-state index in [1.807, 2.05) is 12.1 Å². The van der Waals surface area contributed by atoms with Crippen molar-refractivity contribution >= 4 is 28.4 Å². The van der Waals surface area contributed by atoms with Gasteiger partial charge in [-0.2, -0.15) is 0 Å². The second-order valence-electron chi connectivity index (χ2n) is 4.21. The summed E-state index contributed by atoms with van der Waals surface area (Å²) in [5.74, 6) is 0.904. The Balaban J connectivity index is 0.00000112. The number of halogens is 1. The van der Waals surface area contributed by atoms with E-state index in [1.165, 1.54) is 11.3 Å². The second kappa shape index (κ2) is 3.97. The molecule has 15 heavy (non-hydrogen) atoms. The SMILES string of the molecule is Br.COc1ccc2c(c1)C(C)(C)C(C)=N2. The molecule has 2 nitrogen and oxygen atoms in total. The Labute approximate surface area is 101 Å². The molecule has 3 heteroatoms. The number of fused-ring (bicyclic) bond motifs is 1. The molecule has 0 bridgehead atoms. The van der Waals surface area contributed by atoms with Gasteiger partial charge in [-0.1, -0.05) is 13.8 Å². The van der Waals surface area contributed by atoms with E-state index in [4.69, 9.17) is 4.74 Å². The third kappa shape index (κ3) is 1.81. The molecule has 1 aromatic carbocycles. The maximum Gasteiger partial charge on any atom is 0.119 e.